The van der Waals surface area contributed by atoms with Crippen molar-refractivity contribution in [2.75, 3.05) is 7.05 Å². The minimum atomic E-state index is 0.113. The Hall–Kier alpha value is -1.20. The van der Waals surface area contributed by atoms with E-state index < -0.39 is 0 Å². The van der Waals surface area contributed by atoms with Crippen molar-refractivity contribution in [3.05, 3.63) is 38.0 Å². The van der Waals surface area contributed by atoms with E-state index in [4.69, 9.17) is 0 Å². The first-order valence-electron chi connectivity index (χ1n) is 5.98. The van der Waals surface area contributed by atoms with Crippen LogP contribution in [0.5, 0.6) is 0 Å². The number of thiazole rings is 1. The van der Waals surface area contributed by atoms with E-state index in [0.29, 0.717) is 6.54 Å². The van der Waals surface area contributed by atoms with Gasteiger partial charge in [-0.05, 0) is 30.9 Å². The summed E-state index contributed by atoms with van der Waals surface area (Å²) in [6, 6.07) is 2.08. The molecule has 0 aliphatic heterocycles. The molecule has 1 aliphatic carbocycles. The standard InChI is InChI=1S/C13H14N2OS2/c1-15(6-10-7-17-8-14-10)13(16)12-5-9-3-2-4-11(9)18-12/h5,7-8H,2-4,6H2,1H3. The molecule has 1 amide bonds. The molecule has 0 aromatic carbocycles. The number of aromatic nitrogens is 1. The van der Waals surface area contributed by atoms with Crippen LogP contribution < -0.4 is 0 Å². The Bertz CT molecular complexity index is 538. The van der Waals surface area contributed by atoms with Crippen LogP contribution in [0.3, 0.4) is 0 Å². The second kappa shape index (κ2) is 4.82. The van der Waals surface area contributed by atoms with Gasteiger partial charge < -0.3 is 4.90 Å². The maximum absolute atomic E-state index is 12.3. The molecule has 0 saturated carbocycles. The molecule has 1 aliphatic rings. The summed E-state index contributed by atoms with van der Waals surface area (Å²) in [5.41, 5.74) is 4.14. The summed E-state index contributed by atoms with van der Waals surface area (Å²) < 4.78 is 0. The van der Waals surface area contributed by atoms with Crippen molar-refractivity contribution in [1.29, 1.82) is 0 Å². The van der Waals surface area contributed by atoms with E-state index in [2.05, 4.69) is 11.1 Å². The van der Waals surface area contributed by atoms with Crippen molar-refractivity contribution in [1.82, 2.24) is 9.88 Å². The summed E-state index contributed by atoms with van der Waals surface area (Å²) in [4.78, 5) is 20.5. The molecule has 94 valence electrons. The second-order valence-corrected chi connectivity index (χ2v) is 6.41. The minimum Gasteiger partial charge on any atom is -0.335 e. The van der Waals surface area contributed by atoms with Gasteiger partial charge in [0, 0.05) is 17.3 Å². The van der Waals surface area contributed by atoms with Gasteiger partial charge in [0.05, 0.1) is 22.6 Å². The van der Waals surface area contributed by atoms with Crippen molar-refractivity contribution < 1.29 is 4.79 Å². The van der Waals surface area contributed by atoms with Crippen LogP contribution in [0.1, 0.15) is 32.2 Å². The Morgan fingerprint density at radius 2 is 2.39 bits per heavy atom. The lowest BCUT2D eigenvalue weighted by Crippen LogP contribution is -2.25. The molecular weight excluding hydrogens is 264 g/mol. The summed E-state index contributed by atoms with van der Waals surface area (Å²) in [5, 5.41) is 1.98. The Balaban J connectivity index is 1.73. The molecule has 3 nitrogen and oxygen atoms in total. The predicted octanol–water partition coefficient (Wildman–Crippen LogP) is 2.97. The van der Waals surface area contributed by atoms with Gasteiger partial charge in [0.15, 0.2) is 0 Å². The smallest absolute Gasteiger partial charge is 0.264 e. The zero-order valence-corrected chi connectivity index (χ0v) is 11.8. The molecule has 18 heavy (non-hydrogen) atoms. The van der Waals surface area contributed by atoms with E-state index >= 15 is 0 Å². The molecule has 2 aromatic rings. The van der Waals surface area contributed by atoms with Gasteiger partial charge in [-0.3, -0.25) is 4.79 Å². The number of amides is 1. The lowest BCUT2D eigenvalue weighted by Gasteiger charge is -2.14. The highest BCUT2D eigenvalue weighted by molar-refractivity contribution is 7.14. The summed E-state index contributed by atoms with van der Waals surface area (Å²) in [7, 11) is 1.84. The normalized spacial score (nSPS) is 13.6. The largest absolute Gasteiger partial charge is 0.335 e. The fourth-order valence-corrected chi connectivity index (χ4v) is 4.05. The van der Waals surface area contributed by atoms with Crippen LogP contribution in [0.2, 0.25) is 0 Å². The minimum absolute atomic E-state index is 0.113. The zero-order valence-electron chi connectivity index (χ0n) is 10.2. The van der Waals surface area contributed by atoms with E-state index in [1.54, 1.807) is 33.1 Å². The van der Waals surface area contributed by atoms with E-state index in [1.807, 2.05) is 12.4 Å². The quantitative estimate of drug-likeness (QED) is 0.865. The second-order valence-electron chi connectivity index (χ2n) is 4.55. The van der Waals surface area contributed by atoms with Crippen LogP contribution in [0.25, 0.3) is 0 Å². The van der Waals surface area contributed by atoms with Gasteiger partial charge in [-0.1, -0.05) is 0 Å². The molecule has 2 aromatic heterocycles. The third-order valence-electron chi connectivity index (χ3n) is 3.19. The molecule has 0 radical (unpaired) electrons. The topological polar surface area (TPSA) is 33.2 Å². The summed E-state index contributed by atoms with van der Waals surface area (Å²) in [5.74, 6) is 0.113. The van der Waals surface area contributed by atoms with Crippen molar-refractivity contribution >= 4 is 28.6 Å². The summed E-state index contributed by atoms with van der Waals surface area (Å²) >= 11 is 3.22. The summed E-state index contributed by atoms with van der Waals surface area (Å²) in [6.45, 7) is 0.588. The average Bonchev–Trinajstić information content (AvgIpc) is 3.02. The first kappa shape index (κ1) is 11.9. The highest BCUT2D eigenvalue weighted by Gasteiger charge is 2.20. The molecule has 0 spiro atoms. The van der Waals surface area contributed by atoms with Crippen molar-refractivity contribution in [2.24, 2.45) is 0 Å². The molecule has 0 atom stereocenters. The third-order valence-corrected chi connectivity index (χ3v) is 5.05. The molecule has 5 heteroatoms. The molecule has 0 saturated heterocycles. The Kier molecular flexibility index (Phi) is 3.18. The van der Waals surface area contributed by atoms with Crippen LogP contribution >= 0.6 is 22.7 Å². The number of carbonyl (C=O) groups excluding carboxylic acids is 1. The third kappa shape index (κ3) is 2.20. The van der Waals surface area contributed by atoms with Gasteiger partial charge in [-0.15, -0.1) is 22.7 Å². The zero-order chi connectivity index (χ0) is 12.5. The molecule has 2 heterocycles. The Morgan fingerprint density at radius 1 is 1.50 bits per heavy atom. The van der Waals surface area contributed by atoms with Crippen LogP contribution in [-0.2, 0) is 19.4 Å². The Labute approximate surface area is 114 Å². The first-order valence-corrected chi connectivity index (χ1v) is 7.74. The van der Waals surface area contributed by atoms with Gasteiger partial charge in [0.1, 0.15) is 0 Å². The number of thiophene rings is 1. The van der Waals surface area contributed by atoms with E-state index in [9.17, 15) is 4.79 Å². The molecule has 0 fully saturated rings. The molecule has 3 rings (SSSR count). The lowest BCUT2D eigenvalue weighted by atomic mass is 10.2. The van der Waals surface area contributed by atoms with Crippen molar-refractivity contribution in [2.45, 2.75) is 25.8 Å². The highest BCUT2D eigenvalue weighted by atomic mass is 32.1. The maximum atomic E-state index is 12.3. The monoisotopic (exact) mass is 278 g/mol. The molecule has 0 bridgehead atoms. The van der Waals surface area contributed by atoms with Gasteiger partial charge in [0.25, 0.3) is 5.91 Å². The van der Waals surface area contributed by atoms with Crippen LogP contribution in [0.4, 0.5) is 0 Å². The SMILES string of the molecule is CN(Cc1cscn1)C(=O)c1cc2c(s1)CCC2. The number of hydrogen-bond donors (Lipinski definition) is 0. The van der Waals surface area contributed by atoms with Crippen LogP contribution in [-0.4, -0.2) is 22.8 Å². The number of fused-ring (bicyclic) bond motifs is 1. The number of rotatable bonds is 3. The lowest BCUT2D eigenvalue weighted by molar-refractivity contribution is 0.0788. The maximum Gasteiger partial charge on any atom is 0.264 e. The fraction of sp³-hybridized carbons (Fsp3) is 0.385. The van der Waals surface area contributed by atoms with Gasteiger partial charge in [-0.2, -0.15) is 0 Å². The molecular formula is C13H14N2OS2. The first-order chi connectivity index (χ1) is 8.74. The fourth-order valence-electron chi connectivity index (χ4n) is 2.25. The van der Waals surface area contributed by atoms with Crippen LogP contribution in [0, 0.1) is 0 Å². The highest BCUT2D eigenvalue weighted by Crippen LogP contribution is 2.31. The van der Waals surface area contributed by atoms with E-state index in [1.165, 1.54) is 16.9 Å². The van der Waals surface area contributed by atoms with Gasteiger partial charge >= 0.3 is 0 Å². The van der Waals surface area contributed by atoms with Gasteiger partial charge in [0.2, 0.25) is 0 Å². The number of aryl methyl sites for hydroxylation is 2. The number of carbonyl (C=O) groups is 1. The average molecular weight is 278 g/mol. The van der Waals surface area contributed by atoms with Crippen LogP contribution in [0.15, 0.2) is 17.0 Å². The number of hydrogen-bond acceptors (Lipinski definition) is 4. The number of nitrogens with zero attached hydrogens (tertiary/aromatic N) is 2. The van der Waals surface area contributed by atoms with Gasteiger partial charge in [-0.25, -0.2) is 4.98 Å². The summed E-state index contributed by atoms with van der Waals surface area (Å²) in [6.07, 6.45) is 3.52. The van der Waals surface area contributed by atoms with E-state index in [-0.39, 0.29) is 5.91 Å². The molecule has 0 unspecified atom stereocenters. The Morgan fingerprint density at radius 3 is 3.11 bits per heavy atom. The molecule has 0 N–H and O–H groups in total. The van der Waals surface area contributed by atoms with E-state index in [0.717, 1.165) is 23.4 Å². The van der Waals surface area contributed by atoms with Crippen molar-refractivity contribution in [3.63, 3.8) is 0 Å². The van der Waals surface area contributed by atoms with Crippen molar-refractivity contribution in [3.8, 4) is 0 Å². The predicted molar refractivity (Wildman–Crippen MR) is 74.3 cm³/mol.